The average molecular weight is 211 g/mol. The fourth-order valence-electron chi connectivity index (χ4n) is 1.40. The molecule has 1 aliphatic heterocycles. The van der Waals surface area contributed by atoms with Crippen molar-refractivity contribution < 1.29 is 9.53 Å². The lowest BCUT2D eigenvalue weighted by atomic mass is 10.3. The first-order chi connectivity index (χ1) is 7.27. The van der Waals surface area contributed by atoms with Crippen molar-refractivity contribution in [2.24, 2.45) is 0 Å². The molecule has 84 valence electrons. The van der Waals surface area contributed by atoms with Crippen LogP contribution >= 0.6 is 0 Å². The van der Waals surface area contributed by atoms with E-state index in [1.165, 1.54) is 0 Å². The number of morpholine rings is 1. The summed E-state index contributed by atoms with van der Waals surface area (Å²) in [6.07, 6.45) is 1.57. The van der Waals surface area contributed by atoms with Crippen LogP contribution in [0, 0.1) is 11.3 Å². The molecular formula is C10H17N3O2. The topological polar surface area (TPSA) is 65.4 Å². The first kappa shape index (κ1) is 11.8. The Morgan fingerprint density at radius 3 is 3.20 bits per heavy atom. The number of urea groups is 1. The molecule has 1 N–H and O–H groups in total. The van der Waals surface area contributed by atoms with E-state index in [1.807, 2.05) is 6.07 Å². The molecule has 1 unspecified atom stereocenters. The van der Waals surface area contributed by atoms with Crippen LogP contribution in [0.3, 0.4) is 0 Å². The predicted octanol–water partition coefficient (Wildman–Crippen LogP) is 0.720. The average Bonchev–Trinajstić information content (AvgIpc) is 2.29. The molecule has 1 saturated heterocycles. The molecule has 5 heteroatoms. The van der Waals surface area contributed by atoms with E-state index in [-0.39, 0.29) is 6.03 Å². The van der Waals surface area contributed by atoms with Crippen LogP contribution < -0.4 is 5.32 Å². The van der Waals surface area contributed by atoms with Crippen molar-refractivity contribution in [2.75, 3.05) is 26.2 Å². The van der Waals surface area contributed by atoms with Crippen LogP contribution in [0.4, 0.5) is 4.79 Å². The molecule has 2 amide bonds. The summed E-state index contributed by atoms with van der Waals surface area (Å²) in [5, 5.41) is 11.5. The molecule has 1 atom stereocenters. The molecule has 5 nitrogen and oxygen atoms in total. The van der Waals surface area contributed by atoms with Crippen molar-refractivity contribution >= 4 is 6.03 Å². The molecule has 0 saturated carbocycles. The number of unbranched alkanes of at least 4 members (excludes halogenated alkanes) is 1. The summed E-state index contributed by atoms with van der Waals surface area (Å²) in [5.41, 5.74) is 0. The largest absolute Gasteiger partial charge is 0.360 e. The summed E-state index contributed by atoms with van der Waals surface area (Å²) >= 11 is 0. The third kappa shape index (κ3) is 3.76. The molecule has 0 aromatic heterocycles. The summed E-state index contributed by atoms with van der Waals surface area (Å²) in [6, 6.07) is 1.92. The fourth-order valence-corrected chi connectivity index (χ4v) is 1.40. The minimum absolute atomic E-state index is 0.0907. The minimum atomic E-state index is -0.476. The van der Waals surface area contributed by atoms with Gasteiger partial charge >= 0.3 is 6.03 Å². The van der Waals surface area contributed by atoms with Crippen LogP contribution in [0.15, 0.2) is 0 Å². The number of carbonyl (C=O) groups excluding carboxylic acids is 1. The highest BCUT2D eigenvalue weighted by molar-refractivity contribution is 5.74. The van der Waals surface area contributed by atoms with E-state index >= 15 is 0 Å². The number of ether oxygens (including phenoxy) is 1. The van der Waals surface area contributed by atoms with E-state index in [9.17, 15) is 4.79 Å². The summed E-state index contributed by atoms with van der Waals surface area (Å²) in [6.45, 7) is 4.15. The Bertz CT molecular complexity index is 250. The van der Waals surface area contributed by atoms with Crippen molar-refractivity contribution in [1.29, 1.82) is 5.26 Å². The molecule has 0 aliphatic carbocycles. The van der Waals surface area contributed by atoms with Gasteiger partial charge in [-0.3, -0.25) is 0 Å². The smallest absolute Gasteiger partial charge is 0.317 e. The monoisotopic (exact) mass is 211 g/mol. The van der Waals surface area contributed by atoms with Gasteiger partial charge in [-0.1, -0.05) is 13.3 Å². The number of nitriles is 1. The molecule has 0 aromatic rings. The standard InChI is InChI=1S/C10H17N3O2/c1-2-3-4-12-10(14)13-5-6-15-9(7-11)8-13/h9H,2-6,8H2,1H3,(H,12,14). The third-order valence-electron chi connectivity index (χ3n) is 2.30. The van der Waals surface area contributed by atoms with Gasteiger partial charge in [0.2, 0.25) is 0 Å². The Labute approximate surface area is 90.0 Å². The molecule has 0 spiro atoms. The number of amides is 2. The Balaban J connectivity index is 2.29. The van der Waals surface area contributed by atoms with Gasteiger partial charge in [0.25, 0.3) is 0 Å². The van der Waals surface area contributed by atoms with Crippen molar-refractivity contribution in [3.63, 3.8) is 0 Å². The summed E-state index contributed by atoms with van der Waals surface area (Å²) in [4.78, 5) is 13.2. The Hall–Kier alpha value is -1.28. The Morgan fingerprint density at radius 2 is 2.53 bits per heavy atom. The van der Waals surface area contributed by atoms with E-state index in [0.29, 0.717) is 26.2 Å². The van der Waals surface area contributed by atoms with E-state index < -0.39 is 6.10 Å². The number of nitrogens with one attached hydrogen (secondary N) is 1. The lowest BCUT2D eigenvalue weighted by Crippen LogP contribution is -2.49. The number of rotatable bonds is 3. The van der Waals surface area contributed by atoms with E-state index in [1.54, 1.807) is 4.90 Å². The van der Waals surface area contributed by atoms with Gasteiger partial charge in [-0.05, 0) is 6.42 Å². The van der Waals surface area contributed by atoms with Gasteiger partial charge in [-0.2, -0.15) is 5.26 Å². The highest BCUT2D eigenvalue weighted by Gasteiger charge is 2.23. The van der Waals surface area contributed by atoms with Gasteiger partial charge in [0.05, 0.1) is 19.2 Å². The van der Waals surface area contributed by atoms with E-state index in [4.69, 9.17) is 10.00 Å². The first-order valence-electron chi connectivity index (χ1n) is 5.32. The minimum Gasteiger partial charge on any atom is -0.360 e. The quantitative estimate of drug-likeness (QED) is 0.699. The zero-order valence-corrected chi connectivity index (χ0v) is 9.03. The molecule has 15 heavy (non-hydrogen) atoms. The molecule has 1 fully saturated rings. The maximum Gasteiger partial charge on any atom is 0.317 e. The molecule has 1 aliphatic rings. The van der Waals surface area contributed by atoms with Crippen LogP contribution in [0.25, 0.3) is 0 Å². The van der Waals surface area contributed by atoms with Gasteiger partial charge in [0, 0.05) is 13.1 Å². The fraction of sp³-hybridized carbons (Fsp3) is 0.800. The summed E-state index contributed by atoms with van der Waals surface area (Å²) < 4.78 is 5.15. The number of hydrogen-bond donors (Lipinski definition) is 1. The Morgan fingerprint density at radius 1 is 1.73 bits per heavy atom. The van der Waals surface area contributed by atoms with Crippen LogP contribution in [-0.2, 0) is 4.74 Å². The van der Waals surface area contributed by atoms with Crippen LogP contribution in [0.5, 0.6) is 0 Å². The van der Waals surface area contributed by atoms with E-state index in [2.05, 4.69) is 12.2 Å². The zero-order valence-electron chi connectivity index (χ0n) is 9.03. The molecule has 1 rings (SSSR count). The highest BCUT2D eigenvalue weighted by atomic mass is 16.5. The molecular weight excluding hydrogens is 194 g/mol. The second-order valence-corrected chi connectivity index (χ2v) is 3.52. The van der Waals surface area contributed by atoms with Crippen molar-refractivity contribution in [2.45, 2.75) is 25.9 Å². The molecule has 0 bridgehead atoms. The van der Waals surface area contributed by atoms with Crippen LogP contribution in [-0.4, -0.2) is 43.3 Å². The normalized spacial score (nSPS) is 20.8. The van der Waals surface area contributed by atoms with Crippen molar-refractivity contribution in [1.82, 2.24) is 10.2 Å². The third-order valence-corrected chi connectivity index (χ3v) is 2.30. The lowest BCUT2D eigenvalue weighted by Gasteiger charge is -2.29. The molecule has 0 aromatic carbocycles. The second-order valence-electron chi connectivity index (χ2n) is 3.52. The van der Waals surface area contributed by atoms with Crippen LogP contribution in [0.1, 0.15) is 19.8 Å². The lowest BCUT2D eigenvalue weighted by molar-refractivity contribution is 0.0157. The maximum absolute atomic E-state index is 11.6. The first-order valence-corrected chi connectivity index (χ1v) is 5.32. The molecule has 0 radical (unpaired) electrons. The van der Waals surface area contributed by atoms with Gasteiger partial charge in [-0.15, -0.1) is 0 Å². The van der Waals surface area contributed by atoms with Crippen molar-refractivity contribution in [3.05, 3.63) is 0 Å². The van der Waals surface area contributed by atoms with Gasteiger partial charge in [0.1, 0.15) is 0 Å². The van der Waals surface area contributed by atoms with Gasteiger partial charge in [-0.25, -0.2) is 4.79 Å². The Kier molecular flexibility index (Phi) is 4.91. The van der Waals surface area contributed by atoms with Gasteiger partial charge in [0.15, 0.2) is 6.10 Å². The summed E-state index contributed by atoms with van der Waals surface area (Å²) in [7, 11) is 0. The predicted molar refractivity (Wildman–Crippen MR) is 55.2 cm³/mol. The number of carbonyl (C=O) groups is 1. The van der Waals surface area contributed by atoms with Crippen molar-refractivity contribution in [3.8, 4) is 6.07 Å². The second kappa shape index (κ2) is 6.25. The summed E-state index contributed by atoms with van der Waals surface area (Å²) in [5.74, 6) is 0. The number of hydrogen-bond acceptors (Lipinski definition) is 3. The van der Waals surface area contributed by atoms with E-state index in [0.717, 1.165) is 12.8 Å². The van der Waals surface area contributed by atoms with Crippen LogP contribution in [0.2, 0.25) is 0 Å². The number of nitrogens with zero attached hydrogens (tertiary/aromatic N) is 2. The highest BCUT2D eigenvalue weighted by Crippen LogP contribution is 2.04. The SMILES string of the molecule is CCCCNC(=O)N1CCOC(C#N)C1. The zero-order chi connectivity index (χ0) is 11.1. The molecule has 1 heterocycles. The maximum atomic E-state index is 11.6. The van der Waals surface area contributed by atoms with Gasteiger partial charge < -0.3 is 15.0 Å².